The molecule has 7 nitrogen and oxygen atoms in total. The number of hydrogen-bond donors (Lipinski definition) is 1. The zero-order chi connectivity index (χ0) is 12.3. The third-order valence-electron chi connectivity index (χ3n) is 2.80. The first-order valence-electron chi connectivity index (χ1n) is 5.66. The van der Waals surface area contributed by atoms with Crippen LogP contribution in [0.15, 0.2) is 6.20 Å². The van der Waals surface area contributed by atoms with E-state index >= 15 is 0 Å². The Morgan fingerprint density at radius 2 is 2.41 bits per heavy atom. The molecule has 1 saturated heterocycles. The van der Waals surface area contributed by atoms with Crippen LogP contribution in [-0.2, 0) is 4.74 Å². The maximum atomic E-state index is 10.6. The van der Waals surface area contributed by atoms with E-state index in [0.29, 0.717) is 0 Å². The molecule has 1 aliphatic rings. The summed E-state index contributed by atoms with van der Waals surface area (Å²) < 4.78 is 6.89. The van der Waals surface area contributed by atoms with E-state index in [4.69, 9.17) is 9.84 Å². The Labute approximate surface area is 99.0 Å². The number of nitrogens with zero attached hydrogens (tertiary/aromatic N) is 4. The van der Waals surface area contributed by atoms with E-state index in [0.717, 1.165) is 32.8 Å². The van der Waals surface area contributed by atoms with Gasteiger partial charge in [-0.25, -0.2) is 9.48 Å². The van der Waals surface area contributed by atoms with Crippen LogP contribution in [0.25, 0.3) is 0 Å². The normalized spacial score (nSPS) is 17.0. The van der Waals surface area contributed by atoms with Crippen molar-refractivity contribution in [3.05, 3.63) is 11.9 Å². The molecule has 0 radical (unpaired) electrons. The summed E-state index contributed by atoms with van der Waals surface area (Å²) in [4.78, 5) is 12.9. The van der Waals surface area contributed by atoms with Crippen LogP contribution in [0.3, 0.4) is 0 Å². The molecule has 17 heavy (non-hydrogen) atoms. The molecule has 94 valence electrons. The topological polar surface area (TPSA) is 80.5 Å². The van der Waals surface area contributed by atoms with Crippen LogP contribution in [0, 0.1) is 0 Å². The highest BCUT2D eigenvalue weighted by atomic mass is 16.5. The largest absolute Gasteiger partial charge is 0.476 e. The second kappa shape index (κ2) is 5.24. The summed E-state index contributed by atoms with van der Waals surface area (Å²) in [7, 11) is 0. The molecule has 1 aromatic heterocycles. The van der Waals surface area contributed by atoms with Crippen molar-refractivity contribution in [2.45, 2.75) is 13.0 Å². The van der Waals surface area contributed by atoms with Gasteiger partial charge in [-0.1, -0.05) is 5.21 Å². The summed E-state index contributed by atoms with van der Waals surface area (Å²) in [5.41, 5.74) is -0.00207. The molecule has 0 spiro atoms. The van der Waals surface area contributed by atoms with Crippen LogP contribution < -0.4 is 0 Å². The van der Waals surface area contributed by atoms with Gasteiger partial charge in [-0.3, -0.25) is 4.90 Å². The molecule has 0 bridgehead atoms. The Morgan fingerprint density at radius 3 is 3.00 bits per heavy atom. The first kappa shape index (κ1) is 12.0. The monoisotopic (exact) mass is 240 g/mol. The zero-order valence-electron chi connectivity index (χ0n) is 9.74. The van der Waals surface area contributed by atoms with Crippen molar-refractivity contribution in [2.24, 2.45) is 0 Å². The summed E-state index contributed by atoms with van der Waals surface area (Å²) in [6, 6.07) is 0.234. The summed E-state index contributed by atoms with van der Waals surface area (Å²) in [6.07, 6.45) is 1.48. The average molecular weight is 240 g/mol. The van der Waals surface area contributed by atoms with Crippen molar-refractivity contribution in [2.75, 3.05) is 32.8 Å². The van der Waals surface area contributed by atoms with E-state index < -0.39 is 5.97 Å². The average Bonchev–Trinajstić information content (AvgIpc) is 2.70. The van der Waals surface area contributed by atoms with Gasteiger partial charge in [0, 0.05) is 26.2 Å². The molecule has 1 aromatic rings. The first-order chi connectivity index (χ1) is 8.20. The second-order valence-corrected chi connectivity index (χ2v) is 4.00. The van der Waals surface area contributed by atoms with E-state index in [1.54, 1.807) is 4.68 Å². The van der Waals surface area contributed by atoms with Crippen LogP contribution in [0.1, 0.15) is 23.5 Å². The predicted octanol–water partition coefficient (Wildman–Crippen LogP) is -0.130. The van der Waals surface area contributed by atoms with Gasteiger partial charge >= 0.3 is 5.97 Å². The van der Waals surface area contributed by atoms with Crippen molar-refractivity contribution < 1.29 is 14.6 Å². The molecular weight excluding hydrogens is 224 g/mol. The highest BCUT2D eigenvalue weighted by Gasteiger charge is 2.29. The molecule has 1 fully saturated rings. The zero-order valence-corrected chi connectivity index (χ0v) is 9.74. The van der Waals surface area contributed by atoms with Crippen molar-refractivity contribution in [3.63, 3.8) is 0 Å². The standard InChI is InChI=1S/C10H16N4O3/c1-2-17-4-3-13-5-8(6-13)14-7-9(10(15)16)11-12-14/h7-8H,2-6H2,1H3,(H,15,16). The molecule has 0 aliphatic carbocycles. The number of carbonyl (C=O) groups is 1. The summed E-state index contributed by atoms with van der Waals surface area (Å²) in [6.45, 7) is 6.10. The Hall–Kier alpha value is -1.47. The SMILES string of the molecule is CCOCCN1CC(n2cc(C(=O)O)nn2)C1. The molecule has 2 heterocycles. The minimum atomic E-state index is -1.04. The second-order valence-electron chi connectivity index (χ2n) is 4.00. The van der Waals surface area contributed by atoms with Gasteiger partial charge < -0.3 is 9.84 Å². The molecule has 1 N–H and O–H groups in total. The number of likely N-dealkylation sites (tertiary alicyclic amines) is 1. The summed E-state index contributed by atoms with van der Waals surface area (Å²) >= 11 is 0. The summed E-state index contributed by atoms with van der Waals surface area (Å²) in [5.74, 6) is -1.04. The molecule has 1 aliphatic heterocycles. The molecule has 0 aromatic carbocycles. The van der Waals surface area contributed by atoms with E-state index in [1.807, 2.05) is 6.92 Å². The van der Waals surface area contributed by atoms with Gasteiger partial charge in [0.15, 0.2) is 5.69 Å². The van der Waals surface area contributed by atoms with Gasteiger partial charge in [0.2, 0.25) is 0 Å². The van der Waals surface area contributed by atoms with Crippen molar-refractivity contribution in [3.8, 4) is 0 Å². The number of rotatable bonds is 6. The van der Waals surface area contributed by atoms with Crippen LogP contribution in [-0.4, -0.2) is 63.8 Å². The van der Waals surface area contributed by atoms with Gasteiger partial charge in [0.1, 0.15) is 0 Å². The minimum absolute atomic E-state index is 0.00207. The van der Waals surface area contributed by atoms with Gasteiger partial charge in [0.25, 0.3) is 0 Å². The van der Waals surface area contributed by atoms with E-state index in [9.17, 15) is 4.79 Å². The molecule has 0 saturated carbocycles. The Bertz CT molecular complexity index is 387. The summed E-state index contributed by atoms with van der Waals surface area (Å²) in [5, 5.41) is 16.1. The lowest BCUT2D eigenvalue weighted by Gasteiger charge is -2.38. The number of hydrogen-bond acceptors (Lipinski definition) is 5. The molecule has 0 amide bonds. The lowest BCUT2D eigenvalue weighted by atomic mass is 10.1. The van der Waals surface area contributed by atoms with Crippen LogP contribution >= 0.6 is 0 Å². The highest BCUT2D eigenvalue weighted by molar-refractivity contribution is 5.84. The van der Waals surface area contributed by atoms with Crippen molar-refractivity contribution in [1.29, 1.82) is 0 Å². The Morgan fingerprint density at radius 1 is 1.65 bits per heavy atom. The smallest absolute Gasteiger partial charge is 0.358 e. The lowest BCUT2D eigenvalue weighted by Crippen LogP contribution is -2.49. The number of aromatic nitrogens is 3. The number of ether oxygens (including phenoxy) is 1. The fourth-order valence-electron chi connectivity index (χ4n) is 1.78. The van der Waals surface area contributed by atoms with Gasteiger partial charge in [0.05, 0.1) is 18.8 Å². The van der Waals surface area contributed by atoms with Gasteiger partial charge in [-0.2, -0.15) is 0 Å². The molecule has 2 rings (SSSR count). The lowest BCUT2D eigenvalue weighted by molar-refractivity contribution is 0.0516. The molecular formula is C10H16N4O3. The Balaban J connectivity index is 1.76. The first-order valence-corrected chi connectivity index (χ1v) is 5.66. The van der Waals surface area contributed by atoms with Gasteiger partial charge in [-0.15, -0.1) is 5.10 Å². The van der Waals surface area contributed by atoms with Gasteiger partial charge in [-0.05, 0) is 6.92 Å². The number of aromatic carboxylic acids is 1. The third kappa shape index (κ3) is 2.80. The fourth-order valence-corrected chi connectivity index (χ4v) is 1.78. The predicted molar refractivity (Wildman–Crippen MR) is 59.0 cm³/mol. The minimum Gasteiger partial charge on any atom is -0.476 e. The Kier molecular flexibility index (Phi) is 3.70. The van der Waals surface area contributed by atoms with Crippen molar-refractivity contribution in [1.82, 2.24) is 19.9 Å². The van der Waals surface area contributed by atoms with Crippen LogP contribution in [0.4, 0.5) is 0 Å². The highest BCUT2D eigenvalue weighted by Crippen LogP contribution is 2.19. The fraction of sp³-hybridized carbons (Fsp3) is 0.700. The number of carboxylic acid groups (broad SMARTS) is 1. The van der Waals surface area contributed by atoms with Crippen LogP contribution in [0.5, 0.6) is 0 Å². The number of carboxylic acids is 1. The van der Waals surface area contributed by atoms with Crippen LogP contribution in [0.2, 0.25) is 0 Å². The molecule has 0 unspecified atom stereocenters. The quantitative estimate of drug-likeness (QED) is 0.698. The van der Waals surface area contributed by atoms with Crippen molar-refractivity contribution >= 4 is 5.97 Å². The van der Waals surface area contributed by atoms with E-state index in [-0.39, 0.29) is 11.7 Å². The maximum Gasteiger partial charge on any atom is 0.358 e. The third-order valence-corrected chi connectivity index (χ3v) is 2.80. The van der Waals surface area contributed by atoms with E-state index in [1.165, 1.54) is 6.20 Å². The molecule has 7 heteroatoms. The molecule has 0 atom stereocenters. The van der Waals surface area contributed by atoms with E-state index in [2.05, 4.69) is 15.2 Å². The maximum absolute atomic E-state index is 10.6.